The molecular weight excluding hydrogens is 508 g/mol. The first-order chi connectivity index (χ1) is 20.1. The molecule has 0 aromatic carbocycles. The van der Waals surface area contributed by atoms with Crippen molar-refractivity contribution < 1.29 is 19.4 Å². The minimum Gasteiger partial charge on any atom is -0.481 e. The molecule has 0 aliphatic rings. The molecule has 0 fully saturated rings. The molecule has 1 atom stereocenters. The first kappa shape index (κ1) is 39.4. The maximum atomic E-state index is 11.6. The average molecular weight is 577 g/mol. The first-order valence-corrected chi connectivity index (χ1v) is 17.8. The molecule has 0 rings (SSSR count). The third-order valence-corrected chi connectivity index (χ3v) is 8.17. The van der Waals surface area contributed by atoms with Gasteiger partial charge in [0.1, 0.15) is 6.61 Å². The number of carboxylic acids is 1. The highest BCUT2D eigenvalue weighted by molar-refractivity contribution is 5.78. The van der Waals surface area contributed by atoms with Crippen LogP contribution in [0.4, 0.5) is 0 Å². The van der Waals surface area contributed by atoms with Crippen molar-refractivity contribution in [1.29, 1.82) is 0 Å². The Hall–Kier alpha value is -1.58. The van der Waals surface area contributed by atoms with Crippen LogP contribution >= 0.6 is 0 Å². The lowest BCUT2D eigenvalue weighted by Gasteiger charge is -2.11. The van der Waals surface area contributed by atoms with Crippen LogP contribution in [0.25, 0.3) is 0 Å². The van der Waals surface area contributed by atoms with E-state index in [1.807, 2.05) is 0 Å². The Kier molecular flexibility index (Phi) is 31.7. The van der Waals surface area contributed by atoms with E-state index in [-0.39, 0.29) is 13.0 Å². The number of hydrogen-bond acceptors (Lipinski definition) is 3. The van der Waals surface area contributed by atoms with Gasteiger partial charge in [-0.2, -0.15) is 0 Å². The van der Waals surface area contributed by atoms with Crippen LogP contribution in [0.5, 0.6) is 0 Å². The predicted octanol–water partition coefficient (Wildman–Crippen LogP) is 11.9. The Labute approximate surface area is 255 Å². The predicted molar refractivity (Wildman–Crippen MR) is 176 cm³/mol. The van der Waals surface area contributed by atoms with Crippen molar-refractivity contribution >= 4 is 11.9 Å². The van der Waals surface area contributed by atoms with E-state index in [0.29, 0.717) is 6.42 Å². The van der Waals surface area contributed by atoms with E-state index in [1.165, 1.54) is 154 Å². The van der Waals surface area contributed by atoms with Gasteiger partial charge in [0.25, 0.3) is 0 Å². The van der Waals surface area contributed by atoms with Crippen LogP contribution in [0, 0.1) is 5.92 Å². The highest BCUT2D eigenvalue weighted by Gasteiger charge is 2.21. The van der Waals surface area contributed by atoms with E-state index in [2.05, 4.69) is 25.7 Å². The molecule has 0 radical (unpaired) electrons. The molecule has 0 aromatic rings. The number of rotatable bonds is 33. The van der Waals surface area contributed by atoms with Crippen molar-refractivity contribution in [2.45, 2.75) is 187 Å². The number of hydrogen-bond donors (Lipinski definition) is 1. The van der Waals surface area contributed by atoms with Crippen molar-refractivity contribution in [3.05, 3.63) is 24.8 Å². The minimum absolute atomic E-state index is 0.0402. The summed E-state index contributed by atoms with van der Waals surface area (Å²) < 4.78 is 4.91. The van der Waals surface area contributed by atoms with Crippen molar-refractivity contribution in [3.63, 3.8) is 0 Å². The van der Waals surface area contributed by atoms with Gasteiger partial charge in [-0.15, -0.1) is 0 Å². The average Bonchev–Trinajstić information content (AvgIpc) is 2.96. The molecule has 1 N–H and O–H groups in total. The normalized spacial score (nSPS) is 12.1. The minimum atomic E-state index is -0.899. The molecular formula is C37H68O4. The monoisotopic (exact) mass is 577 g/mol. The first-order valence-electron chi connectivity index (χ1n) is 17.8. The van der Waals surface area contributed by atoms with Gasteiger partial charge in [-0.25, -0.2) is 0 Å². The van der Waals surface area contributed by atoms with E-state index in [0.717, 1.165) is 19.3 Å². The molecule has 0 spiro atoms. The summed E-state index contributed by atoms with van der Waals surface area (Å²) in [6.07, 6.45) is 41.5. The summed E-state index contributed by atoms with van der Waals surface area (Å²) in [5.41, 5.74) is 0. The van der Waals surface area contributed by atoms with Crippen LogP contribution in [0.3, 0.4) is 0 Å². The lowest BCUT2D eigenvalue weighted by atomic mass is 9.97. The molecule has 0 saturated heterocycles. The smallest absolute Gasteiger partial charge is 0.307 e. The van der Waals surface area contributed by atoms with Crippen LogP contribution in [0.1, 0.15) is 187 Å². The van der Waals surface area contributed by atoms with Crippen molar-refractivity contribution in [1.82, 2.24) is 0 Å². The Balaban J connectivity index is 3.27. The van der Waals surface area contributed by atoms with Gasteiger partial charge in [-0.1, -0.05) is 179 Å². The largest absolute Gasteiger partial charge is 0.481 e. The van der Waals surface area contributed by atoms with Gasteiger partial charge in [0.05, 0.1) is 12.3 Å². The van der Waals surface area contributed by atoms with Crippen LogP contribution in [0.2, 0.25) is 0 Å². The second-order valence-corrected chi connectivity index (χ2v) is 12.2. The summed E-state index contributed by atoms with van der Waals surface area (Å²) in [7, 11) is 0. The molecule has 0 aliphatic heterocycles. The molecule has 41 heavy (non-hydrogen) atoms. The molecule has 0 heterocycles. The topological polar surface area (TPSA) is 63.6 Å². The van der Waals surface area contributed by atoms with Crippen LogP contribution < -0.4 is 0 Å². The number of carboxylic acid groups (broad SMARTS) is 1. The van der Waals surface area contributed by atoms with Gasteiger partial charge in [0.2, 0.25) is 0 Å². The number of carbonyl (C=O) groups excluding carboxylic acids is 1. The van der Waals surface area contributed by atoms with Gasteiger partial charge in [-0.05, 0) is 25.7 Å². The van der Waals surface area contributed by atoms with Gasteiger partial charge in [-0.3, -0.25) is 9.59 Å². The summed E-state index contributed by atoms with van der Waals surface area (Å²) in [5, 5.41) is 9.32. The molecule has 0 saturated carbocycles. The van der Waals surface area contributed by atoms with Gasteiger partial charge in [0.15, 0.2) is 0 Å². The molecule has 0 aromatic heterocycles. The van der Waals surface area contributed by atoms with E-state index in [1.54, 1.807) is 0 Å². The van der Waals surface area contributed by atoms with E-state index >= 15 is 0 Å². The van der Waals surface area contributed by atoms with E-state index in [4.69, 9.17) is 4.74 Å². The van der Waals surface area contributed by atoms with Crippen molar-refractivity contribution in [3.8, 4) is 0 Å². The molecule has 4 nitrogen and oxygen atoms in total. The fourth-order valence-corrected chi connectivity index (χ4v) is 5.49. The zero-order chi connectivity index (χ0) is 30.1. The number of carbonyl (C=O) groups is 2. The van der Waals surface area contributed by atoms with Crippen molar-refractivity contribution in [2.24, 2.45) is 5.92 Å². The Morgan fingerprint density at radius 3 is 1.34 bits per heavy atom. The fourth-order valence-electron chi connectivity index (χ4n) is 5.49. The second kappa shape index (κ2) is 32.9. The molecule has 240 valence electrons. The standard InChI is InChI=1S/C37H68O4/c1-3-5-6-7-8-9-10-11-12-13-14-15-16-17-18-19-20-21-22-23-24-25-26-27-28-29-30-31-32-35(37(39)40)34-36(38)41-33-4-2/h4,6-7,35H,2-3,5,8-34H2,1H3,(H,39,40)/b7-6+. The molecule has 1 unspecified atom stereocenters. The van der Waals surface area contributed by atoms with Gasteiger partial charge in [0, 0.05) is 0 Å². The third kappa shape index (κ3) is 31.2. The Bertz CT molecular complexity index is 612. The van der Waals surface area contributed by atoms with E-state index < -0.39 is 17.9 Å². The van der Waals surface area contributed by atoms with Gasteiger partial charge < -0.3 is 9.84 Å². The third-order valence-electron chi connectivity index (χ3n) is 8.17. The molecule has 4 heteroatoms. The SMILES string of the molecule is C=CCOC(=O)CC(CCCCCCCCCCCCCCCCCCCCCCCCC/C=C/CCC)C(=O)O. The Morgan fingerprint density at radius 1 is 0.610 bits per heavy atom. The lowest BCUT2D eigenvalue weighted by molar-refractivity contribution is -0.151. The van der Waals surface area contributed by atoms with Crippen LogP contribution in [0.15, 0.2) is 24.8 Å². The highest BCUT2D eigenvalue weighted by Crippen LogP contribution is 2.18. The summed E-state index contributed by atoms with van der Waals surface area (Å²) >= 11 is 0. The lowest BCUT2D eigenvalue weighted by Crippen LogP contribution is -2.19. The zero-order valence-electron chi connectivity index (χ0n) is 27.2. The molecule has 0 aliphatic carbocycles. The zero-order valence-corrected chi connectivity index (χ0v) is 27.2. The molecule has 0 amide bonds. The summed E-state index contributed by atoms with van der Waals surface area (Å²) in [5.74, 6) is -1.98. The van der Waals surface area contributed by atoms with Gasteiger partial charge >= 0.3 is 11.9 Å². The summed E-state index contributed by atoms with van der Waals surface area (Å²) in [6.45, 7) is 5.88. The number of ether oxygens (including phenoxy) is 1. The number of allylic oxidation sites excluding steroid dienone is 2. The Morgan fingerprint density at radius 2 is 0.976 bits per heavy atom. The highest BCUT2D eigenvalue weighted by atomic mass is 16.5. The number of esters is 1. The maximum absolute atomic E-state index is 11.6. The van der Waals surface area contributed by atoms with Crippen molar-refractivity contribution in [2.75, 3.05) is 6.61 Å². The van der Waals surface area contributed by atoms with Crippen LogP contribution in [-0.4, -0.2) is 23.7 Å². The quantitative estimate of drug-likeness (QED) is 0.0479. The number of aliphatic carboxylic acids is 1. The second-order valence-electron chi connectivity index (χ2n) is 12.2. The number of unbranched alkanes of at least 4 members (excludes halogenated alkanes) is 24. The fraction of sp³-hybridized carbons (Fsp3) is 0.838. The maximum Gasteiger partial charge on any atom is 0.307 e. The summed E-state index contributed by atoms with van der Waals surface area (Å²) in [6, 6.07) is 0. The van der Waals surface area contributed by atoms with E-state index in [9.17, 15) is 14.7 Å². The van der Waals surface area contributed by atoms with Crippen LogP contribution in [-0.2, 0) is 14.3 Å². The molecule has 0 bridgehead atoms. The summed E-state index contributed by atoms with van der Waals surface area (Å²) in [4.78, 5) is 23.0.